The van der Waals surface area contributed by atoms with Gasteiger partial charge in [0.1, 0.15) is 0 Å². The van der Waals surface area contributed by atoms with E-state index >= 15 is 0 Å². The summed E-state index contributed by atoms with van der Waals surface area (Å²) in [6.07, 6.45) is 3.08. The molecule has 2 aromatic carbocycles. The van der Waals surface area contributed by atoms with Crippen LogP contribution in [-0.2, 0) is 32.2 Å². The Morgan fingerprint density at radius 3 is 2.64 bits per heavy atom. The van der Waals surface area contributed by atoms with Crippen LogP contribution >= 0.6 is 11.6 Å². The lowest BCUT2D eigenvalue weighted by molar-refractivity contribution is -0.144. The Kier molecular flexibility index (Phi) is 5.45. The third-order valence-electron chi connectivity index (χ3n) is 7.38. The van der Waals surface area contributed by atoms with E-state index in [1.165, 1.54) is 14.0 Å². The number of carbonyl (C=O) groups is 1. The van der Waals surface area contributed by atoms with Crippen LogP contribution in [0.1, 0.15) is 31.0 Å². The molecule has 2 heterocycles. The molecule has 1 aliphatic carbocycles. The smallest absolute Gasteiger partial charge is 0.327 e. The van der Waals surface area contributed by atoms with E-state index in [1.54, 1.807) is 18.2 Å². The van der Waals surface area contributed by atoms with E-state index in [4.69, 9.17) is 16.3 Å². The first kappa shape index (κ1) is 22.3. The molecule has 1 N–H and O–H groups in total. The lowest BCUT2D eigenvalue weighted by atomic mass is 9.90. The number of methoxy groups -OCH3 is 1. The number of fused-ring (bicyclic) bond motifs is 3. The molecule has 1 fully saturated rings. The summed E-state index contributed by atoms with van der Waals surface area (Å²) in [5, 5.41) is 1.59. The van der Waals surface area contributed by atoms with Crippen molar-refractivity contribution in [3.8, 4) is 0 Å². The number of ether oxygens (including phenoxy) is 1. The number of carbonyl (C=O) groups excluding carboxylic acids is 1. The van der Waals surface area contributed by atoms with Crippen LogP contribution in [0.5, 0.6) is 0 Å². The lowest BCUT2D eigenvalue weighted by Gasteiger charge is -2.32. The van der Waals surface area contributed by atoms with Crippen LogP contribution in [-0.4, -0.2) is 44.3 Å². The number of halogens is 1. The molecule has 2 unspecified atom stereocenters. The van der Waals surface area contributed by atoms with Crippen molar-refractivity contribution in [2.45, 2.75) is 42.2 Å². The van der Waals surface area contributed by atoms with E-state index in [0.29, 0.717) is 17.9 Å². The van der Waals surface area contributed by atoms with E-state index in [2.05, 4.69) is 9.88 Å². The van der Waals surface area contributed by atoms with Crippen LogP contribution in [0.4, 0.5) is 5.69 Å². The predicted molar refractivity (Wildman–Crippen MR) is 130 cm³/mol. The largest absolute Gasteiger partial charge is 0.468 e. The van der Waals surface area contributed by atoms with Gasteiger partial charge < -0.3 is 14.6 Å². The van der Waals surface area contributed by atoms with Crippen molar-refractivity contribution in [2.24, 2.45) is 5.92 Å². The van der Waals surface area contributed by atoms with Gasteiger partial charge >= 0.3 is 5.97 Å². The van der Waals surface area contributed by atoms with Gasteiger partial charge in [-0.15, -0.1) is 0 Å². The second-order valence-corrected chi connectivity index (χ2v) is 11.9. The normalized spacial score (nSPS) is 20.1. The van der Waals surface area contributed by atoms with E-state index in [-0.39, 0.29) is 4.90 Å². The number of benzene rings is 2. The number of hydrogen-bond donors (Lipinski definition) is 1. The maximum atomic E-state index is 14.0. The van der Waals surface area contributed by atoms with Gasteiger partial charge in [0, 0.05) is 40.4 Å². The number of aromatic amines is 1. The Balaban J connectivity index is 1.55. The van der Waals surface area contributed by atoms with Crippen molar-refractivity contribution in [3.63, 3.8) is 0 Å². The molecule has 0 spiro atoms. The predicted octanol–water partition coefficient (Wildman–Crippen LogP) is 4.54. The highest BCUT2D eigenvalue weighted by molar-refractivity contribution is 7.93. The summed E-state index contributed by atoms with van der Waals surface area (Å²) in [5.74, 6) is -1.19. The van der Waals surface area contributed by atoms with Crippen molar-refractivity contribution < 1.29 is 17.9 Å². The minimum atomic E-state index is -4.05. The molecule has 2 aliphatic rings. The number of sulfone groups is 1. The maximum absolute atomic E-state index is 14.0. The van der Waals surface area contributed by atoms with Crippen LogP contribution in [0.3, 0.4) is 0 Å². The van der Waals surface area contributed by atoms with Crippen LogP contribution in [0.15, 0.2) is 47.4 Å². The van der Waals surface area contributed by atoms with Crippen molar-refractivity contribution in [2.75, 3.05) is 25.1 Å². The third kappa shape index (κ3) is 3.44. The minimum Gasteiger partial charge on any atom is -0.468 e. The molecule has 0 bridgehead atoms. The van der Waals surface area contributed by atoms with Gasteiger partial charge in [0.2, 0.25) is 0 Å². The van der Waals surface area contributed by atoms with E-state index in [9.17, 15) is 13.2 Å². The van der Waals surface area contributed by atoms with Gasteiger partial charge in [-0.2, -0.15) is 0 Å². The first-order chi connectivity index (χ1) is 15.8. The third-order valence-corrected chi connectivity index (χ3v) is 10.1. The molecule has 6 nitrogen and oxygen atoms in total. The molecule has 33 heavy (non-hydrogen) atoms. The van der Waals surface area contributed by atoms with Gasteiger partial charge in [-0.1, -0.05) is 17.7 Å². The summed E-state index contributed by atoms with van der Waals surface area (Å²) in [5.41, 5.74) is 3.81. The Bertz CT molecular complexity index is 1340. The molecule has 1 aliphatic heterocycles. The molecule has 1 aromatic heterocycles. The topological polar surface area (TPSA) is 79.5 Å². The molecule has 0 amide bonds. The number of aromatic nitrogens is 1. The van der Waals surface area contributed by atoms with Gasteiger partial charge in [-0.25, -0.2) is 8.42 Å². The number of rotatable bonds is 5. The van der Waals surface area contributed by atoms with Gasteiger partial charge in [0.25, 0.3) is 0 Å². The van der Waals surface area contributed by atoms with Gasteiger partial charge in [0.05, 0.1) is 12.0 Å². The highest BCUT2D eigenvalue weighted by Crippen LogP contribution is 2.44. The Morgan fingerprint density at radius 2 is 1.91 bits per heavy atom. The number of nitrogens with one attached hydrogen (secondary N) is 1. The van der Waals surface area contributed by atoms with Gasteiger partial charge in [0.15, 0.2) is 14.6 Å². The summed E-state index contributed by atoms with van der Waals surface area (Å²) in [7, 11) is -2.80. The average molecular weight is 487 g/mol. The second kappa shape index (κ2) is 8.06. The van der Waals surface area contributed by atoms with E-state index in [1.807, 2.05) is 24.3 Å². The molecular formula is C25H27ClN2O4S. The Morgan fingerprint density at radius 1 is 1.15 bits per heavy atom. The molecule has 0 radical (unpaired) electrons. The number of anilines is 1. The molecular weight excluding hydrogens is 460 g/mol. The van der Waals surface area contributed by atoms with Crippen LogP contribution in [0.2, 0.25) is 5.02 Å². The van der Waals surface area contributed by atoms with Gasteiger partial charge in [-0.05, 0) is 80.5 Å². The summed E-state index contributed by atoms with van der Waals surface area (Å²) >= 11 is 6.21. The number of nitrogens with zero attached hydrogens (tertiary/aromatic N) is 1. The average Bonchev–Trinajstić information content (AvgIpc) is 3.55. The molecule has 1 saturated heterocycles. The number of H-pyrrole nitrogens is 1. The summed E-state index contributed by atoms with van der Waals surface area (Å²) in [4.78, 5) is 18.9. The van der Waals surface area contributed by atoms with Crippen molar-refractivity contribution in [3.05, 3.63) is 58.7 Å². The summed E-state index contributed by atoms with van der Waals surface area (Å²) in [6, 6.07) is 12.6. The summed E-state index contributed by atoms with van der Waals surface area (Å²) < 4.78 is 31.5. The number of esters is 1. The molecule has 174 valence electrons. The number of hydrogen-bond acceptors (Lipinski definition) is 5. The quantitative estimate of drug-likeness (QED) is 0.535. The Hall–Kier alpha value is -2.51. The standard InChI is InChI=1S/C25H27ClN2O4S/c1-25(24(29)32-2,16-12-20-21-14-17(26)8-9-22(21)27-23(20)13-16)33(30,31)19-7-5-6-18(15-19)28-10-3-4-11-28/h5-9,14-16,27H,3-4,10-13H2,1-2H3. The van der Waals surface area contributed by atoms with E-state index < -0.39 is 26.5 Å². The highest BCUT2D eigenvalue weighted by atomic mass is 35.5. The monoisotopic (exact) mass is 486 g/mol. The SMILES string of the molecule is COC(=O)C(C)(C1Cc2[nH]c3ccc(Cl)cc3c2C1)S(=O)(=O)c1cccc(N2CCCC2)c1. The maximum Gasteiger partial charge on any atom is 0.327 e. The fourth-order valence-corrected chi connectivity index (χ4v) is 7.51. The lowest BCUT2D eigenvalue weighted by Crippen LogP contribution is -2.51. The molecule has 0 saturated carbocycles. The van der Waals surface area contributed by atoms with Crippen molar-refractivity contribution >= 4 is 44.0 Å². The molecule has 2 atom stereocenters. The summed E-state index contributed by atoms with van der Waals surface area (Å²) in [6.45, 7) is 3.33. The first-order valence-corrected chi connectivity index (χ1v) is 13.1. The molecule has 8 heteroatoms. The van der Waals surface area contributed by atoms with Crippen LogP contribution < -0.4 is 4.90 Å². The van der Waals surface area contributed by atoms with E-state index in [0.717, 1.165) is 53.8 Å². The zero-order valence-corrected chi connectivity index (χ0v) is 20.3. The zero-order chi connectivity index (χ0) is 23.4. The van der Waals surface area contributed by atoms with Crippen molar-refractivity contribution in [1.29, 1.82) is 0 Å². The van der Waals surface area contributed by atoms with Crippen LogP contribution in [0, 0.1) is 5.92 Å². The molecule has 5 rings (SSSR count). The van der Waals surface area contributed by atoms with Crippen molar-refractivity contribution in [1.82, 2.24) is 4.98 Å². The fraction of sp³-hybridized carbons (Fsp3) is 0.400. The fourth-order valence-electron chi connectivity index (χ4n) is 5.40. The Labute approximate surface area is 198 Å². The zero-order valence-electron chi connectivity index (χ0n) is 18.7. The molecule has 3 aromatic rings. The van der Waals surface area contributed by atoms with Crippen LogP contribution in [0.25, 0.3) is 10.9 Å². The highest BCUT2D eigenvalue weighted by Gasteiger charge is 2.56. The second-order valence-electron chi connectivity index (χ2n) is 9.17. The minimum absolute atomic E-state index is 0.156. The van der Waals surface area contributed by atoms with Gasteiger partial charge in [-0.3, -0.25) is 4.79 Å². The first-order valence-electron chi connectivity index (χ1n) is 11.2.